The van der Waals surface area contributed by atoms with Gasteiger partial charge in [-0.3, -0.25) is 0 Å². The number of hydrogen-bond acceptors (Lipinski definition) is 0. The third-order valence-electron chi connectivity index (χ3n) is 4.20. The van der Waals surface area contributed by atoms with Gasteiger partial charge in [0.2, 0.25) is 0 Å². The molecule has 92 valence electrons. The lowest BCUT2D eigenvalue weighted by molar-refractivity contribution is 0.729. The number of fused-ring (bicyclic) bond motifs is 1. The van der Waals surface area contributed by atoms with Crippen LogP contribution in [0.5, 0.6) is 0 Å². The van der Waals surface area contributed by atoms with E-state index in [2.05, 4.69) is 57.2 Å². The summed E-state index contributed by atoms with van der Waals surface area (Å²) in [7, 11) is 0. The third kappa shape index (κ3) is 1.86. The van der Waals surface area contributed by atoms with Crippen LogP contribution in [0, 0.1) is 20.8 Å². The van der Waals surface area contributed by atoms with Gasteiger partial charge in [-0.1, -0.05) is 42.0 Å². The molecule has 0 nitrogen and oxygen atoms in total. The summed E-state index contributed by atoms with van der Waals surface area (Å²) in [5.74, 6) is 0.683. The summed E-state index contributed by atoms with van der Waals surface area (Å²) in [4.78, 5) is 0. The molecule has 0 heterocycles. The van der Waals surface area contributed by atoms with Gasteiger partial charge >= 0.3 is 0 Å². The minimum absolute atomic E-state index is 0.683. The minimum Gasteiger partial charge on any atom is -0.0620 e. The normalized spacial score (nSPS) is 14.8. The first kappa shape index (κ1) is 11.5. The molecule has 2 aromatic carbocycles. The maximum absolute atomic E-state index is 2.32. The van der Waals surface area contributed by atoms with Crippen LogP contribution in [0.2, 0.25) is 0 Å². The van der Waals surface area contributed by atoms with Gasteiger partial charge in [-0.15, -0.1) is 0 Å². The monoisotopic (exact) mass is 236 g/mol. The quantitative estimate of drug-likeness (QED) is 0.684. The highest BCUT2D eigenvalue weighted by Gasteiger charge is 2.24. The zero-order valence-corrected chi connectivity index (χ0v) is 11.5. The van der Waals surface area contributed by atoms with Crippen LogP contribution in [-0.2, 0) is 12.8 Å². The number of benzene rings is 2. The molecule has 0 aromatic heterocycles. The molecule has 0 saturated carbocycles. The van der Waals surface area contributed by atoms with Gasteiger partial charge in [-0.2, -0.15) is 0 Å². The summed E-state index contributed by atoms with van der Waals surface area (Å²) in [6.45, 7) is 6.71. The third-order valence-corrected chi connectivity index (χ3v) is 4.20. The first-order valence-corrected chi connectivity index (χ1v) is 6.79. The van der Waals surface area contributed by atoms with Crippen molar-refractivity contribution in [3.63, 3.8) is 0 Å². The molecule has 0 bridgehead atoms. The average molecular weight is 236 g/mol. The Labute approximate surface area is 110 Å². The van der Waals surface area contributed by atoms with Crippen molar-refractivity contribution >= 4 is 0 Å². The summed E-state index contributed by atoms with van der Waals surface area (Å²) in [5, 5.41) is 0. The van der Waals surface area contributed by atoms with Gasteiger partial charge in [0.25, 0.3) is 0 Å². The topological polar surface area (TPSA) is 0 Å². The van der Waals surface area contributed by atoms with Crippen molar-refractivity contribution < 1.29 is 0 Å². The molecule has 3 rings (SSSR count). The largest absolute Gasteiger partial charge is 0.0620 e. The Kier molecular flexibility index (Phi) is 2.74. The highest BCUT2D eigenvalue weighted by atomic mass is 14.3. The van der Waals surface area contributed by atoms with E-state index < -0.39 is 0 Å². The van der Waals surface area contributed by atoms with Crippen molar-refractivity contribution in [2.24, 2.45) is 0 Å². The van der Waals surface area contributed by atoms with Crippen LogP contribution in [0.15, 0.2) is 36.4 Å². The zero-order chi connectivity index (χ0) is 12.7. The summed E-state index contributed by atoms with van der Waals surface area (Å²) in [6, 6.07) is 13.5. The minimum atomic E-state index is 0.683. The van der Waals surface area contributed by atoms with Crippen molar-refractivity contribution in [3.05, 3.63) is 69.8 Å². The Morgan fingerprint density at radius 1 is 0.833 bits per heavy atom. The maximum atomic E-state index is 2.32. The Bertz CT molecular complexity index is 545. The molecule has 18 heavy (non-hydrogen) atoms. The molecule has 0 N–H and O–H groups in total. The van der Waals surface area contributed by atoms with E-state index in [-0.39, 0.29) is 0 Å². The molecule has 0 aliphatic heterocycles. The van der Waals surface area contributed by atoms with Crippen molar-refractivity contribution in [3.8, 4) is 0 Å². The van der Waals surface area contributed by atoms with Crippen molar-refractivity contribution in [2.75, 3.05) is 0 Å². The van der Waals surface area contributed by atoms with Crippen LogP contribution in [-0.4, -0.2) is 0 Å². The van der Waals surface area contributed by atoms with Crippen LogP contribution in [0.1, 0.15) is 39.3 Å². The van der Waals surface area contributed by atoms with Crippen LogP contribution >= 0.6 is 0 Å². The van der Waals surface area contributed by atoms with E-state index in [9.17, 15) is 0 Å². The SMILES string of the molecule is Cc1cc(C)c(C2Cc3ccccc3C2)c(C)c1. The Morgan fingerprint density at radius 3 is 1.83 bits per heavy atom. The predicted octanol–water partition coefficient (Wildman–Crippen LogP) is 4.49. The van der Waals surface area contributed by atoms with E-state index >= 15 is 0 Å². The first-order chi connectivity index (χ1) is 8.65. The van der Waals surface area contributed by atoms with E-state index in [0.29, 0.717) is 5.92 Å². The molecule has 0 spiro atoms. The predicted molar refractivity (Wildman–Crippen MR) is 77.2 cm³/mol. The van der Waals surface area contributed by atoms with Crippen LogP contribution in [0.25, 0.3) is 0 Å². The van der Waals surface area contributed by atoms with Gasteiger partial charge < -0.3 is 0 Å². The van der Waals surface area contributed by atoms with Gasteiger partial charge in [0, 0.05) is 0 Å². The molecule has 1 aliphatic rings. The first-order valence-electron chi connectivity index (χ1n) is 6.79. The van der Waals surface area contributed by atoms with Gasteiger partial charge in [0.05, 0.1) is 0 Å². The van der Waals surface area contributed by atoms with Gasteiger partial charge in [0.15, 0.2) is 0 Å². The van der Waals surface area contributed by atoms with E-state index in [4.69, 9.17) is 0 Å². The lowest BCUT2D eigenvalue weighted by atomic mass is 9.87. The molecular weight excluding hydrogens is 216 g/mol. The second kappa shape index (κ2) is 4.28. The lowest BCUT2D eigenvalue weighted by Crippen LogP contribution is -2.04. The molecule has 0 atom stereocenters. The maximum Gasteiger partial charge on any atom is -0.00756 e. The highest BCUT2D eigenvalue weighted by molar-refractivity contribution is 5.45. The highest BCUT2D eigenvalue weighted by Crippen LogP contribution is 2.37. The average Bonchev–Trinajstić information content (AvgIpc) is 2.70. The van der Waals surface area contributed by atoms with Crippen LogP contribution in [0.4, 0.5) is 0 Å². The molecule has 2 aromatic rings. The second-order valence-electron chi connectivity index (χ2n) is 5.69. The smallest absolute Gasteiger partial charge is 0.00756 e. The van der Waals surface area contributed by atoms with Crippen LogP contribution < -0.4 is 0 Å². The molecule has 0 heteroatoms. The molecule has 0 saturated heterocycles. The zero-order valence-electron chi connectivity index (χ0n) is 11.5. The molecule has 1 aliphatic carbocycles. The number of rotatable bonds is 1. The standard InChI is InChI=1S/C18H20/c1-12-8-13(2)18(14(3)9-12)17-10-15-6-4-5-7-16(15)11-17/h4-9,17H,10-11H2,1-3H3. The summed E-state index contributed by atoms with van der Waals surface area (Å²) in [5.41, 5.74) is 8.97. The second-order valence-corrected chi connectivity index (χ2v) is 5.69. The number of aryl methyl sites for hydroxylation is 3. The summed E-state index contributed by atoms with van der Waals surface area (Å²) in [6.07, 6.45) is 2.42. The van der Waals surface area contributed by atoms with E-state index in [1.54, 1.807) is 16.7 Å². The van der Waals surface area contributed by atoms with E-state index in [1.165, 1.54) is 29.5 Å². The Hall–Kier alpha value is -1.56. The van der Waals surface area contributed by atoms with Gasteiger partial charge in [0.1, 0.15) is 0 Å². The van der Waals surface area contributed by atoms with E-state index in [0.717, 1.165) is 0 Å². The Balaban J connectivity index is 2.00. The van der Waals surface area contributed by atoms with Crippen molar-refractivity contribution in [1.82, 2.24) is 0 Å². The number of hydrogen-bond donors (Lipinski definition) is 0. The van der Waals surface area contributed by atoms with Crippen molar-refractivity contribution in [1.29, 1.82) is 0 Å². The molecular formula is C18H20. The fraction of sp³-hybridized carbons (Fsp3) is 0.333. The van der Waals surface area contributed by atoms with E-state index in [1.807, 2.05) is 0 Å². The van der Waals surface area contributed by atoms with Crippen molar-refractivity contribution in [2.45, 2.75) is 39.5 Å². The summed E-state index contributed by atoms with van der Waals surface area (Å²) >= 11 is 0. The fourth-order valence-electron chi connectivity index (χ4n) is 3.60. The fourth-order valence-corrected chi connectivity index (χ4v) is 3.60. The molecule has 0 fully saturated rings. The van der Waals surface area contributed by atoms with Gasteiger partial charge in [-0.05, 0) is 67.3 Å². The lowest BCUT2D eigenvalue weighted by Gasteiger charge is -2.17. The molecule has 0 unspecified atom stereocenters. The van der Waals surface area contributed by atoms with Gasteiger partial charge in [-0.25, -0.2) is 0 Å². The summed E-state index contributed by atoms with van der Waals surface area (Å²) < 4.78 is 0. The van der Waals surface area contributed by atoms with Crippen LogP contribution in [0.3, 0.4) is 0 Å². The molecule has 0 radical (unpaired) electrons. The molecule has 0 amide bonds. The Morgan fingerprint density at radius 2 is 1.33 bits per heavy atom.